The Kier molecular flexibility index (Phi) is 6.90. The number of rotatable bonds is 5. The highest BCUT2D eigenvalue weighted by atomic mass is 32.1. The summed E-state index contributed by atoms with van der Waals surface area (Å²) in [4.78, 5) is 30.3. The highest BCUT2D eigenvalue weighted by Crippen LogP contribution is 2.43. The van der Waals surface area contributed by atoms with Crippen molar-refractivity contribution in [1.82, 2.24) is 34.6 Å². The number of carbonyl (C=O) groups excluding carboxylic acids is 1. The number of halogens is 6. The van der Waals surface area contributed by atoms with E-state index < -0.39 is 23.2 Å². The van der Waals surface area contributed by atoms with Crippen LogP contribution in [0.15, 0.2) is 18.7 Å². The van der Waals surface area contributed by atoms with Crippen LogP contribution >= 0.6 is 11.3 Å². The van der Waals surface area contributed by atoms with Gasteiger partial charge in [-0.1, -0.05) is 18.3 Å². The minimum absolute atomic E-state index is 0.0235. The molecule has 1 fully saturated rings. The highest BCUT2D eigenvalue weighted by molar-refractivity contribution is 7.16. The van der Waals surface area contributed by atoms with E-state index in [1.807, 2.05) is 6.92 Å². The Bertz CT molecular complexity index is 1220. The first kappa shape index (κ1) is 25.8. The van der Waals surface area contributed by atoms with Gasteiger partial charge < -0.3 is 9.80 Å². The van der Waals surface area contributed by atoms with Gasteiger partial charge in [0.15, 0.2) is 0 Å². The maximum Gasteiger partial charge on any atom is 0.451 e. The van der Waals surface area contributed by atoms with Crippen LogP contribution in [0.25, 0.3) is 11.3 Å². The molecule has 0 aliphatic carbocycles. The maximum atomic E-state index is 13.4. The van der Waals surface area contributed by atoms with Crippen LogP contribution in [0.2, 0.25) is 0 Å². The van der Waals surface area contributed by atoms with Crippen LogP contribution in [0.4, 0.5) is 31.3 Å². The van der Waals surface area contributed by atoms with Gasteiger partial charge in [0.25, 0.3) is 0 Å². The van der Waals surface area contributed by atoms with Crippen LogP contribution in [-0.2, 0) is 30.1 Å². The Morgan fingerprint density at radius 2 is 1.78 bits per heavy atom. The zero-order chi connectivity index (χ0) is 26.3. The number of alkyl halides is 6. The topological polar surface area (TPSA) is 92.9 Å². The molecular formula is C20H20F6N8OS. The van der Waals surface area contributed by atoms with Crippen molar-refractivity contribution in [3.8, 4) is 11.3 Å². The number of amides is 1. The van der Waals surface area contributed by atoms with Crippen molar-refractivity contribution in [2.24, 2.45) is 0 Å². The van der Waals surface area contributed by atoms with Crippen LogP contribution in [0.3, 0.4) is 0 Å². The van der Waals surface area contributed by atoms with Gasteiger partial charge in [-0.3, -0.25) is 4.79 Å². The lowest BCUT2D eigenvalue weighted by molar-refractivity contribution is -0.145. The Balaban J connectivity index is 1.56. The standard InChI is InChI=1S/C20H20F6N8OS/c1-3-13-29-10-33(31-13)9-14(35)34-5-4-32(8-11(34)2)16-15(30-18(36-16)20(24,25)26)12-6-27-17(28-7-12)19(21,22)23/h6-7,10-11H,3-5,8-9H2,1-2H3/t11-/m1/s1. The molecular weight excluding hydrogens is 514 g/mol. The zero-order valence-corrected chi connectivity index (χ0v) is 19.8. The van der Waals surface area contributed by atoms with Crippen molar-refractivity contribution >= 4 is 22.2 Å². The van der Waals surface area contributed by atoms with Crippen LogP contribution < -0.4 is 4.90 Å². The summed E-state index contributed by atoms with van der Waals surface area (Å²) in [6, 6.07) is -0.367. The van der Waals surface area contributed by atoms with Gasteiger partial charge in [-0.25, -0.2) is 24.6 Å². The van der Waals surface area contributed by atoms with Gasteiger partial charge in [0.2, 0.25) is 16.7 Å². The van der Waals surface area contributed by atoms with Gasteiger partial charge in [-0.05, 0) is 6.92 Å². The molecule has 3 aromatic heterocycles. The second-order valence-corrected chi connectivity index (χ2v) is 9.04. The molecule has 0 aromatic carbocycles. The smallest absolute Gasteiger partial charge is 0.358 e. The number of thiazole rings is 1. The molecule has 0 N–H and O–H groups in total. The number of piperazine rings is 1. The highest BCUT2D eigenvalue weighted by Gasteiger charge is 2.39. The largest absolute Gasteiger partial charge is 0.451 e. The fraction of sp³-hybridized carbons (Fsp3) is 0.500. The molecule has 1 atom stereocenters. The lowest BCUT2D eigenvalue weighted by Crippen LogP contribution is -2.54. The van der Waals surface area contributed by atoms with E-state index in [1.165, 1.54) is 11.0 Å². The number of carbonyl (C=O) groups is 1. The zero-order valence-electron chi connectivity index (χ0n) is 19.0. The van der Waals surface area contributed by atoms with Gasteiger partial charge in [-0.2, -0.15) is 31.4 Å². The Labute approximate surface area is 204 Å². The summed E-state index contributed by atoms with van der Waals surface area (Å²) in [6.45, 7) is 4.23. The van der Waals surface area contributed by atoms with Crippen LogP contribution in [0.1, 0.15) is 30.5 Å². The Hall–Kier alpha value is -3.30. The number of anilines is 1. The van der Waals surface area contributed by atoms with E-state index in [1.54, 1.807) is 16.7 Å². The van der Waals surface area contributed by atoms with E-state index in [0.717, 1.165) is 12.4 Å². The summed E-state index contributed by atoms with van der Waals surface area (Å²) in [5, 5.41) is 3.17. The Morgan fingerprint density at radius 3 is 2.33 bits per heavy atom. The lowest BCUT2D eigenvalue weighted by Gasteiger charge is -2.40. The van der Waals surface area contributed by atoms with E-state index in [-0.39, 0.29) is 54.4 Å². The van der Waals surface area contributed by atoms with E-state index in [2.05, 4.69) is 25.0 Å². The summed E-state index contributed by atoms with van der Waals surface area (Å²) < 4.78 is 80.2. The molecule has 0 saturated carbocycles. The van der Waals surface area contributed by atoms with Gasteiger partial charge in [0.05, 0.1) is 0 Å². The summed E-state index contributed by atoms with van der Waals surface area (Å²) in [5.74, 6) is -1.02. The van der Waals surface area contributed by atoms with Crippen molar-refractivity contribution in [3.05, 3.63) is 35.4 Å². The number of hydrogen-bond acceptors (Lipinski definition) is 8. The van der Waals surface area contributed by atoms with E-state index in [0.29, 0.717) is 23.6 Å². The minimum Gasteiger partial charge on any atom is -0.358 e. The molecule has 4 rings (SSSR count). The Morgan fingerprint density at radius 1 is 1.08 bits per heavy atom. The van der Waals surface area contributed by atoms with Crippen molar-refractivity contribution in [2.75, 3.05) is 24.5 Å². The molecule has 1 amide bonds. The first-order chi connectivity index (χ1) is 16.9. The van der Waals surface area contributed by atoms with E-state index >= 15 is 0 Å². The first-order valence-electron chi connectivity index (χ1n) is 10.8. The van der Waals surface area contributed by atoms with Crippen LogP contribution in [0, 0.1) is 0 Å². The van der Waals surface area contributed by atoms with E-state index in [9.17, 15) is 31.1 Å². The molecule has 0 radical (unpaired) electrons. The third-order valence-corrected chi connectivity index (χ3v) is 6.62. The van der Waals surface area contributed by atoms with Crippen molar-refractivity contribution < 1.29 is 31.1 Å². The van der Waals surface area contributed by atoms with Gasteiger partial charge in [-0.15, -0.1) is 0 Å². The van der Waals surface area contributed by atoms with Gasteiger partial charge in [0.1, 0.15) is 29.4 Å². The van der Waals surface area contributed by atoms with Crippen LogP contribution in [0.5, 0.6) is 0 Å². The summed E-state index contributed by atoms with van der Waals surface area (Å²) >= 11 is 0.383. The molecule has 1 saturated heterocycles. The van der Waals surface area contributed by atoms with Gasteiger partial charge >= 0.3 is 12.4 Å². The third-order valence-electron chi connectivity index (χ3n) is 5.46. The number of nitrogens with zero attached hydrogens (tertiary/aromatic N) is 8. The summed E-state index contributed by atoms with van der Waals surface area (Å²) in [5.41, 5.74) is -0.239. The summed E-state index contributed by atoms with van der Waals surface area (Å²) in [7, 11) is 0. The molecule has 4 heterocycles. The van der Waals surface area contributed by atoms with Crippen molar-refractivity contribution in [1.29, 1.82) is 0 Å². The number of hydrogen-bond donors (Lipinski definition) is 0. The average molecular weight is 534 g/mol. The maximum absolute atomic E-state index is 13.4. The van der Waals surface area contributed by atoms with Crippen molar-refractivity contribution in [3.63, 3.8) is 0 Å². The molecule has 1 aliphatic heterocycles. The van der Waals surface area contributed by atoms with E-state index in [4.69, 9.17) is 0 Å². The average Bonchev–Trinajstić information content (AvgIpc) is 3.45. The minimum atomic E-state index is -4.79. The van der Waals surface area contributed by atoms with Crippen molar-refractivity contribution in [2.45, 2.75) is 45.2 Å². The second kappa shape index (κ2) is 9.63. The van der Waals surface area contributed by atoms with Gasteiger partial charge in [0, 0.05) is 50.1 Å². The molecule has 0 spiro atoms. The fourth-order valence-corrected chi connectivity index (χ4v) is 4.74. The molecule has 0 unspecified atom stereocenters. The molecule has 9 nitrogen and oxygen atoms in total. The molecule has 194 valence electrons. The molecule has 0 bridgehead atoms. The third kappa shape index (κ3) is 5.42. The molecule has 36 heavy (non-hydrogen) atoms. The predicted octanol–water partition coefficient (Wildman–Crippen LogP) is 3.53. The normalized spacial score (nSPS) is 17.1. The SMILES string of the molecule is CCc1ncn(CC(=O)N2CCN(c3sc(C(F)(F)F)nc3-c3cnc(C(F)(F)F)nc3)C[C@H]2C)n1. The molecule has 16 heteroatoms. The first-order valence-corrected chi connectivity index (χ1v) is 11.6. The second-order valence-electron chi connectivity index (χ2n) is 8.06. The number of aromatic nitrogens is 6. The predicted molar refractivity (Wildman–Crippen MR) is 116 cm³/mol. The molecule has 1 aliphatic rings. The lowest BCUT2D eigenvalue weighted by atomic mass is 10.1. The quantitative estimate of drug-likeness (QED) is 0.463. The van der Waals surface area contributed by atoms with Crippen LogP contribution in [-0.4, -0.2) is 66.2 Å². The monoisotopic (exact) mass is 534 g/mol. The summed E-state index contributed by atoms with van der Waals surface area (Å²) in [6.07, 6.45) is -5.84. The molecule has 3 aromatic rings. The fourth-order valence-electron chi connectivity index (χ4n) is 3.75. The number of aryl methyl sites for hydroxylation is 1.